The number of hydrogen-bond donors (Lipinski definition) is 5. The highest BCUT2D eigenvalue weighted by Gasteiger charge is 2.78. The van der Waals surface area contributed by atoms with Crippen LogP contribution in [0.2, 0.25) is 0 Å². The fraction of sp³-hybridized carbons (Fsp3) is 0.468. The van der Waals surface area contributed by atoms with E-state index < -0.39 is 113 Å². The minimum Gasteiger partial charge on any atom is -0.456 e. The zero-order chi connectivity index (χ0) is 44.9. The van der Waals surface area contributed by atoms with Crippen molar-refractivity contribution in [1.82, 2.24) is 5.32 Å². The Bertz CT molecular complexity index is 2230. The lowest BCUT2D eigenvalue weighted by Crippen LogP contribution is -2.82. The maximum atomic E-state index is 14.3. The molecule has 62 heavy (non-hydrogen) atoms. The average Bonchev–Trinajstić information content (AvgIpc) is 3.24. The molecule has 0 spiro atoms. The van der Waals surface area contributed by atoms with Gasteiger partial charge in [-0.25, -0.2) is 9.59 Å². The first-order valence-corrected chi connectivity index (χ1v) is 20.6. The van der Waals surface area contributed by atoms with Gasteiger partial charge in [-0.15, -0.1) is 0 Å². The van der Waals surface area contributed by atoms with Crippen LogP contribution in [0.3, 0.4) is 0 Å². The van der Waals surface area contributed by atoms with Gasteiger partial charge in [0.1, 0.15) is 30.0 Å². The molecule has 12 atom stereocenters. The molecule has 3 fully saturated rings. The van der Waals surface area contributed by atoms with Crippen LogP contribution in [-0.4, -0.2) is 111 Å². The van der Waals surface area contributed by atoms with E-state index in [1.807, 2.05) is 0 Å². The fourth-order valence-corrected chi connectivity index (χ4v) is 10.4. The summed E-state index contributed by atoms with van der Waals surface area (Å²) in [7, 11) is 0. The van der Waals surface area contributed by atoms with E-state index in [9.17, 15) is 44.4 Å². The van der Waals surface area contributed by atoms with Crippen LogP contribution < -0.4 is 5.32 Å². The number of hydrogen-bond acceptors (Lipinski definition) is 14. The summed E-state index contributed by atoms with van der Waals surface area (Å²) in [6.07, 6.45) is -11.8. The van der Waals surface area contributed by atoms with Crippen LogP contribution in [0, 0.1) is 16.7 Å². The van der Waals surface area contributed by atoms with Gasteiger partial charge in [0.15, 0.2) is 17.8 Å². The van der Waals surface area contributed by atoms with Crippen LogP contribution in [0.15, 0.2) is 102 Å². The van der Waals surface area contributed by atoms with Gasteiger partial charge in [0.05, 0.1) is 30.2 Å². The molecule has 1 saturated heterocycles. The highest BCUT2D eigenvalue weighted by Crippen LogP contribution is 2.65. The normalized spacial score (nSPS) is 33.0. The molecule has 3 aliphatic carbocycles. The third-order valence-corrected chi connectivity index (χ3v) is 13.7. The Morgan fingerprint density at radius 1 is 0.806 bits per heavy atom. The molecule has 4 aliphatic rings. The molecule has 0 aromatic heterocycles. The maximum Gasteiger partial charge on any atom is 0.338 e. The number of ether oxygens (including phenoxy) is 5. The first-order valence-electron chi connectivity index (χ1n) is 20.6. The molecule has 0 radical (unpaired) electrons. The predicted octanol–water partition coefficient (Wildman–Crippen LogP) is 3.53. The molecule has 7 rings (SSSR count). The lowest BCUT2D eigenvalue weighted by molar-refractivity contribution is -0.365. The smallest absolute Gasteiger partial charge is 0.338 e. The van der Waals surface area contributed by atoms with Gasteiger partial charge in [-0.3, -0.25) is 14.4 Å². The topological polar surface area (TPSA) is 224 Å². The first-order chi connectivity index (χ1) is 29.3. The highest BCUT2D eigenvalue weighted by atomic mass is 16.6. The van der Waals surface area contributed by atoms with Crippen molar-refractivity contribution in [2.45, 2.75) is 114 Å². The van der Waals surface area contributed by atoms with Crippen molar-refractivity contribution < 1.29 is 68.1 Å². The largest absolute Gasteiger partial charge is 0.456 e. The van der Waals surface area contributed by atoms with Gasteiger partial charge in [0.2, 0.25) is 0 Å². The molecule has 15 heteroatoms. The molecule has 3 aromatic carbocycles. The molecule has 15 nitrogen and oxygen atoms in total. The van der Waals surface area contributed by atoms with Gasteiger partial charge in [-0.1, -0.05) is 87.5 Å². The van der Waals surface area contributed by atoms with Crippen LogP contribution in [0.1, 0.15) is 86.7 Å². The number of carbonyl (C=O) groups excluding carboxylic acids is 5. The standard InChI is InChI=1S/C47H53NO14/c1-25-31(60-43(56)36(52)35(28-16-10-7-11-17-28)48-41(54)29-18-12-8-13-19-29)23-47(57)40(61-42(55)30-20-14-9-15-21-30)38-45(6,32(51)22-33-46(38,24-58-33)62-27(3)50)39(53)37(59-26(2)49)34(25)44(47,4)5/h7-21,31-33,35-40,51-53,57H,22-24H2,1-6H3,(H,48,54)/t31-,32-,33+,35?,36+,37+,38-,39?,40-,45+,46-,47+/m0/s1. The number of fused-ring (bicyclic) bond motifs is 5. The third-order valence-electron chi connectivity index (χ3n) is 13.7. The van der Waals surface area contributed by atoms with Crippen molar-refractivity contribution in [3.8, 4) is 0 Å². The van der Waals surface area contributed by atoms with Crippen molar-refractivity contribution in [3.05, 3.63) is 119 Å². The molecule has 2 bridgehead atoms. The van der Waals surface area contributed by atoms with E-state index in [0.29, 0.717) is 5.56 Å². The molecular formula is C47H53NO14. The van der Waals surface area contributed by atoms with Crippen LogP contribution in [0.5, 0.6) is 0 Å². The van der Waals surface area contributed by atoms with Gasteiger partial charge in [0, 0.05) is 43.1 Å². The summed E-state index contributed by atoms with van der Waals surface area (Å²) in [6, 6.07) is 23.1. The second-order valence-electron chi connectivity index (χ2n) is 17.6. The molecule has 2 saturated carbocycles. The second-order valence-corrected chi connectivity index (χ2v) is 17.6. The molecular weight excluding hydrogens is 803 g/mol. The Balaban J connectivity index is 1.38. The monoisotopic (exact) mass is 855 g/mol. The van der Waals surface area contributed by atoms with Crippen LogP contribution in [0.4, 0.5) is 0 Å². The summed E-state index contributed by atoms with van der Waals surface area (Å²) in [5, 5.41) is 53.2. The number of benzene rings is 3. The minimum absolute atomic E-state index is 0.0914. The maximum absolute atomic E-state index is 14.3. The van der Waals surface area contributed by atoms with Crippen molar-refractivity contribution >= 4 is 29.8 Å². The predicted molar refractivity (Wildman–Crippen MR) is 219 cm³/mol. The molecule has 5 N–H and O–H groups in total. The number of aliphatic hydroxyl groups excluding tert-OH is 3. The van der Waals surface area contributed by atoms with E-state index in [1.165, 1.54) is 26.0 Å². The Hall–Kier alpha value is -5.45. The first kappa shape index (κ1) is 44.6. The Labute approximate surface area is 359 Å². The van der Waals surface area contributed by atoms with E-state index in [4.69, 9.17) is 23.7 Å². The second kappa shape index (κ2) is 16.7. The molecule has 1 aliphatic heterocycles. The van der Waals surface area contributed by atoms with Gasteiger partial charge < -0.3 is 49.4 Å². The number of esters is 4. The van der Waals surface area contributed by atoms with Gasteiger partial charge in [0.25, 0.3) is 5.91 Å². The summed E-state index contributed by atoms with van der Waals surface area (Å²) in [4.78, 5) is 68.1. The summed E-state index contributed by atoms with van der Waals surface area (Å²) < 4.78 is 30.5. The van der Waals surface area contributed by atoms with E-state index in [-0.39, 0.29) is 35.3 Å². The Kier molecular flexibility index (Phi) is 12.0. The number of amides is 1. The van der Waals surface area contributed by atoms with Gasteiger partial charge >= 0.3 is 23.9 Å². The molecule has 1 amide bonds. The van der Waals surface area contributed by atoms with Crippen molar-refractivity contribution in [2.75, 3.05) is 6.61 Å². The minimum atomic E-state index is -2.35. The summed E-state index contributed by atoms with van der Waals surface area (Å²) in [6.45, 7) is 8.30. The SMILES string of the molecule is CC(=O)O[C@@H]1C2=C(C)[C@@H](OC(=O)[C@H](O)C(NC(=O)c3ccccc3)c3ccccc3)C[C@@](O)([C@@H](OC(=O)c3ccccc3)[C@@H]3[C@]4(OC(C)=O)CO[C@@H]4C[C@H](O)[C@@]3(C)C1O)C2(C)C. The van der Waals surface area contributed by atoms with E-state index in [2.05, 4.69) is 5.32 Å². The van der Waals surface area contributed by atoms with Crippen molar-refractivity contribution in [2.24, 2.45) is 16.7 Å². The number of aliphatic hydroxyl groups is 4. The van der Waals surface area contributed by atoms with E-state index >= 15 is 0 Å². The Morgan fingerprint density at radius 3 is 1.94 bits per heavy atom. The summed E-state index contributed by atoms with van der Waals surface area (Å²) in [5.74, 6) is -5.73. The van der Waals surface area contributed by atoms with E-state index in [1.54, 1.807) is 99.6 Å². The molecule has 330 valence electrons. The summed E-state index contributed by atoms with van der Waals surface area (Å²) >= 11 is 0. The lowest BCUT2D eigenvalue weighted by atomic mass is 9.44. The molecule has 2 unspecified atom stereocenters. The number of nitrogens with one attached hydrogen (secondary N) is 1. The van der Waals surface area contributed by atoms with Crippen LogP contribution in [0.25, 0.3) is 0 Å². The van der Waals surface area contributed by atoms with Crippen molar-refractivity contribution in [1.29, 1.82) is 0 Å². The zero-order valence-corrected chi connectivity index (χ0v) is 35.3. The summed E-state index contributed by atoms with van der Waals surface area (Å²) in [5.41, 5.74) is -6.46. The van der Waals surface area contributed by atoms with Crippen LogP contribution in [-0.2, 0) is 38.1 Å². The zero-order valence-electron chi connectivity index (χ0n) is 35.3. The molecule has 1 heterocycles. The fourth-order valence-electron chi connectivity index (χ4n) is 10.4. The average molecular weight is 856 g/mol. The lowest BCUT2D eigenvalue weighted by Gasteiger charge is -2.69. The molecule has 3 aromatic rings. The van der Waals surface area contributed by atoms with Crippen LogP contribution >= 0.6 is 0 Å². The third kappa shape index (κ3) is 7.38. The highest BCUT2D eigenvalue weighted by molar-refractivity contribution is 5.95. The van der Waals surface area contributed by atoms with E-state index in [0.717, 1.165) is 6.92 Å². The van der Waals surface area contributed by atoms with Crippen molar-refractivity contribution in [3.63, 3.8) is 0 Å². The van der Waals surface area contributed by atoms with Gasteiger partial charge in [-0.2, -0.15) is 0 Å². The number of carbonyl (C=O) groups is 5. The quantitative estimate of drug-likeness (QED) is 0.112. The number of rotatable bonds is 10. The Morgan fingerprint density at radius 2 is 1.39 bits per heavy atom. The van der Waals surface area contributed by atoms with Gasteiger partial charge in [-0.05, 0) is 47.9 Å².